The quantitative estimate of drug-likeness (QED) is 0.861. The monoisotopic (exact) mass is 305 g/mol. The van der Waals surface area contributed by atoms with Crippen LogP contribution in [-0.2, 0) is 4.74 Å². The number of aromatic amines is 1. The Kier molecular flexibility index (Phi) is 4.90. The van der Waals surface area contributed by atoms with Gasteiger partial charge in [-0.05, 0) is 31.7 Å². The molecule has 0 aliphatic carbocycles. The van der Waals surface area contributed by atoms with Crippen molar-refractivity contribution in [3.05, 3.63) is 34.2 Å². The highest BCUT2D eigenvalue weighted by molar-refractivity contribution is 5.93. The zero-order valence-electron chi connectivity index (χ0n) is 12.7. The Morgan fingerprint density at radius 2 is 2.14 bits per heavy atom. The molecular formula is C16H23N3O3. The maximum atomic E-state index is 12.1. The van der Waals surface area contributed by atoms with Crippen molar-refractivity contribution >= 4 is 5.91 Å². The lowest BCUT2D eigenvalue weighted by Crippen LogP contribution is -2.46. The fourth-order valence-electron chi connectivity index (χ4n) is 3.16. The van der Waals surface area contributed by atoms with E-state index >= 15 is 0 Å². The molecule has 6 heteroatoms. The van der Waals surface area contributed by atoms with Gasteiger partial charge in [-0.3, -0.25) is 9.59 Å². The normalized spacial score (nSPS) is 23.5. The van der Waals surface area contributed by atoms with E-state index in [9.17, 15) is 9.59 Å². The van der Waals surface area contributed by atoms with Gasteiger partial charge in [0.15, 0.2) is 0 Å². The Bertz CT molecular complexity index is 538. The average molecular weight is 305 g/mol. The minimum atomic E-state index is -0.195. The number of pyridine rings is 1. The van der Waals surface area contributed by atoms with Crippen molar-refractivity contribution in [3.63, 3.8) is 0 Å². The number of H-pyrrole nitrogens is 1. The van der Waals surface area contributed by atoms with Gasteiger partial charge in [0.05, 0.1) is 11.7 Å². The first-order valence-corrected chi connectivity index (χ1v) is 8.04. The smallest absolute Gasteiger partial charge is 0.252 e. The fourth-order valence-corrected chi connectivity index (χ4v) is 3.16. The first-order valence-electron chi connectivity index (χ1n) is 8.04. The van der Waals surface area contributed by atoms with Gasteiger partial charge in [-0.2, -0.15) is 0 Å². The number of ether oxygens (including phenoxy) is 1. The molecule has 3 heterocycles. The average Bonchev–Trinajstić information content (AvgIpc) is 3.03. The number of likely N-dealkylation sites (tertiary alicyclic amines) is 1. The number of carbonyl (C=O) groups is 1. The van der Waals surface area contributed by atoms with E-state index in [1.807, 2.05) is 0 Å². The molecule has 0 radical (unpaired) electrons. The summed E-state index contributed by atoms with van der Waals surface area (Å²) in [6.07, 6.45) is 6.12. The van der Waals surface area contributed by atoms with Gasteiger partial charge < -0.3 is 19.9 Å². The summed E-state index contributed by atoms with van der Waals surface area (Å²) in [5.41, 5.74) is 0.306. The summed E-state index contributed by atoms with van der Waals surface area (Å²) >= 11 is 0. The predicted octanol–water partition coefficient (Wildman–Crippen LogP) is 0.748. The van der Waals surface area contributed by atoms with Crippen LogP contribution in [0.15, 0.2) is 23.1 Å². The molecule has 1 aromatic rings. The number of nitrogens with one attached hydrogen (secondary N) is 2. The van der Waals surface area contributed by atoms with E-state index < -0.39 is 0 Å². The lowest BCUT2D eigenvalue weighted by Gasteiger charge is -2.33. The van der Waals surface area contributed by atoms with Crippen molar-refractivity contribution in [1.82, 2.24) is 15.2 Å². The van der Waals surface area contributed by atoms with Gasteiger partial charge in [-0.25, -0.2) is 0 Å². The molecule has 1 atom stereocenters. The van der Waals surface area contributed by atoms with Crippen LogP contribution >= 0.6 is 0 Å². The van der Waals surface area contributed by atoms with Crippen LogP contribution in [0.5, 0.6) is 0 Å². The van der Waals surface area contributed by atoms with E-state index in [2.05, 4.69) is 15.2 Å². The van der Waals surface area contributed by atoms with Crippen molar-refractivity contribution in [1.29, 1.82) is 0 Å². The van der Waals surface area contributed by atoms with Gasteiger partial charge in [0.25, 0.3) is 5.91 Å². The standard InChI is InChI=1S/C16H23N3O3/c20-15-4-3-12(10-17-15)16(21)18-13-5-7-19(8-6-13)11-14-2-1-9-22-14/h3-4,10,13-14H,1-2,5-9,11H2,(H,17,20)(H,18,21)/t14-/m1/s1. The van der Waals surface area contributed by atoms with Gasteiger partial charge in [-0.15, -0.1) is 0 Å². The number of nitrogens with zero attached hydrogens (tertiary/aromatic N) is 1. The van der Waals surface area contributed by atoms with Crippen molar-refractivity contribution in [2.45, 2.75) is 37.8 Å². The number of carbonyl (C=O) groups excluding carboxylic acids is 1. The molecule has 2 fully saturated rings. The van der Waals surface area contributed by atoms with Gasteiger partial charge in [-0.1, -0.05) is 0 Å². The molecule has 2 aliphatic rings. The molecule has 6 nitrogen and oxygen atoms in total. The van der Waals surface area contributed by atoms with Gasteiger partial charge >= 0.3 is 0 Å². The maximum absolute atomic E-state index is 12.1. The molecule has 1 aromatic heterocycles. The molecule has 0 unspecified atom stereocenters. The van der Waals surface area contributed by atoms with E-state index in [0.717, 1.165) is 39.1 Å². The number of hydrogen-bond acceptors (Lipinski definition) is 4. The minimum Gasteiger partial charge on any atom is -0.377 e. The molecule has 120 valence electrons. The lowest BCUT2D eigenvalue weighted by molar-refractivity contribution is 0.0613. The molecule has 1 amide bonds. The van der Waals surface area contributed by atoms with E-state index in [0.29, 0.717) is 11.7 Å². The molecule has 0 bridgehead atoms. The summed E-state index contributed by atoms with van der Waals surface area (Å²) in [5, 5.41) is 3.05. The largest absolute Gasteiger partial charge is 0.377 e. The molecule has 2 N–H and O–H groups in total. The number of rotatable bonds is 4. The van der Waals surface area contributed by atoms with Gasteiger partial charge in [0.2, 0.25) is 5.56 Å². The van der Waals surface area contributed by atoms with E-state index in [-0.39, 0.29) is 17.5 Å². The van der Waals surface area contributed by atoms with Crippen molar-refractivity contribution < 1.29 is 9.53 Å². The topological polar surface area (TPSA) is 74.4 Å². The van der Waals surface area contributed by atoms with Crippen LogP contribution in [-0.4, -0.2) is 54.2 Å². The van der Waals surface area contributed by atoms with Crippen LogP contribution in [0.2, 0.25) is 0 Å². The summed E-state index contributed by atoms with van der Waals surface area (Å²) in [6.45, 7) is 3.91. The SMILES string of the molecule is O=C(NC1CCN(C[C@H]2CCCO2)CC1)c1ccc(=O)[nH]c1. The molecule has 22 heavy (non-hydrogen) atoms. The molecule has 0 saturated carbocycles. The summed E-state index contributed by atoms with van der Waals surface area (Å²) in [6, 6.07) is 3.14. The highest BCUT2D eigenvalue weighted by atomic mass is 16.5. The van der Waals surface area contributed by atoms with Crippen LogP contribution in [0.25, 0.3) is 0 Å². The Labute approximate surface area is 129 Å². The Balaban J connectivity index is 1.44. The van der Waals surface area contributed by atoms with E-state index in [1.54, 1.807) is 6.07 Å². The van der Waals surface area contributed by atoms with E-state index in [4.69, 9.17) is 4.74 Å². The van der Waals surface area contributed by atoms with Crippen molar-refractivity contribution in [3.8, 4) is 0 Å². The molecule has 2 saturated heterocycles. The Hall–Kier alpha value is -1.66. The molecule has 2 aliphatic heterocycles. The number of piperidine rings is 1. The second-order valence-electron chi connectivity index (χ2n) is 6.12. The van der Waals surface area contributed by atoms with Crippen LogP contribution in [0, 0.1) is 0 Å². The first kappa shape index (κ1) is 15.2. The second-order valence-corrected chi connectivity index (χ2v) is 6.12. The maximum Gasteiger partial charge on any atom is 0.252 e. The number of amides is 1. The lowest BCUT2D eigenvalue weighted by atomic mass is 10.0. The molecule has 0 aromatic carbocycles. The Morgan fingerprint density at radius 3 is 2.77 bits per heavy atom. The summed E-state index contributed by atoms with van der Waals surface area (Å²) in [7, 11) is 0. The summed E-state index contributed by atoms with van der Waals surface area (Å²) in [4.78, 5) is 28.1. The summed E-state index contributed by atoms with van der Waals surface area (Å²) in [5.74, 6) is -0.117. The highest BCUT2D eigenvalue weighted by Crippen LogP contribution is 2.17. The van der Waals surface area contributed by atoms with Crippen LogP contribution in [0.4, 0.5) is 0 Å². The third-order valence-corrected chi connectivity index (χ3v) is 4.46. The minimum absolute atomic E-state index is 0.117. The first-order chi connectivity index (χ1) is 10.7. The highest BCUT2D eigenvalue weighted by Gasteiger charge is 2.24. The van der Waals surface area contributed by atoms with Crippen LogP contribution in [0.3, 0.4) is 0 Å². The third kappa shape index (κ3) is 3.96. The van der Waals surface area contributed by atoms with Crippen molar-refractivity contribution in [2.75, 3.05) is 26.2 Å². The third-order valence-electron chi connectivity index (χ3n) is 4.46. The zero-order chi connectivity index (χ0) is 15.4. The Morgan fingerprint density at radius 1 is 1.32 bits per heavy atom. The van der Waals surface area contributed by atoms with Crippen LogP contribution < -0.4 is 10.9 Å². The molecular weight excluding hydrogens is 282 g/mol. The molecule has 0 spiro atoms. The second kappa shape index (κ2) is 7.07. The molecule has 3 rings (SSSR count). The zero-order valence-corrected chi connectivity index (χ0v) is 12.7. The van der Waals surface area contributed by atoms with Gasteiger partial charge in [0.1, 0.15) is 0 Å². The van der Waals surface area contributed by atoms with E-state index in [1.165, 1.54) is 25.1 Å². The van der Waals surface area contributed by atoms with Crippen LogP contribution in [0.1, 0.15) is 36.0 Å². The number of aromatic nitrogens is 1. The fraction of sp³-hybridized carbons (Fsp3) is 0.625. The predicted molar refractivity (Wildman–Crippen MR) is 83.0 cm³/mol. The van der Waals surface area contributed by atoms with Gasteiger partial charge in [0, 0.05) is 44.5 Å². The number of hydrogen-bond donors (Lipinski definition) is 2. The van der Waals surface area contributed by atoms with Crippen molar-refractivity contribution in [2.24, 2.45) is 0 Å². The summed E-state index contributed by atoms with van der Waals surface area (Å²) < 4.78 is 5.67.